The molecule has 0 saturated carbocycles. The van der Waals surface area contributed by atoms with E-state index in [1.165, 1.54) is 18.2 Å². The molecule has 5 nitrogen and oxygen atoms in total. The lowest BCUT2D eigenvalue weighted by Crippen LogP contribution is -2.20. The highest BCUT2D eigenvalue weighted by Crippen LogP contribution is 2.23. The van der Waals surface area contributed by atoms with Gasteiger partial charge in [-0.05, 0) is 30.3 Å². The third-order valence-electron chi connectivity index (χ3n) is 2.51. The van der Waals surface area contributed by atoms with Gasteiger partial charge < -0.3 is 15.4 Å². The number of hydrogen-bond acceptors (Lipinski definition) is 3. The van der Waals surface area contributed by atoms with Crippen molar-refractivity contribution in [1.82, 2.24) is 0 Å². The summed E-state index contributed by atoms with van der Waals surface area (Å²) in [6.07, 6.45) is 0. The van der Waals surface area contributed by atoms with E-state index in [-0.39, 0.29) is 6.61 Å². The molecule has 0 aliphatic rings. The zero-order chi connectivity index (χ0) is 15.1. The van der Waals surface area contributed by atoms with Crippen LogP contribution in [0.2, 0.25) is 0 Å². The molecular weight excluding hydrogens is 273 g/mol. The number of para-hydroxylation sites is 2. The quantitative estimate of drug-likeness (QED) is 0.904. The van der Waals surface area contributed by atoms with Crippen molar-refractivity contribution in [3.63, 3.8) is 0 Å². The number of nitriles is 1. The van der Waals surface area contributed by atoms with Crippen LogP contribution in [0.5, 0.6) is 5.75 Å². The van der Waals surface area contributed by atoms with Crippen LogP contribution in [0.4, 0.5) is 20.6 Å². The number of rotatable bonds is 4. The topological polar surface area (TPSA) is 74.1 Å². The van der Waals surface area contributed by atoms with Gasteiger partial charge in [0.1, 0.15) is 17.6 Å². The van der Waals surface area contributed by atoms with Crippen LogP contribution in [-0.2, 0) is 0 Å². The summed E-state index contributed by atoms with van der Waals surface area (Å²) in [5.74, 6) is -0.0565. The maximum Gasteiger partial charge on any atom is 0.323 e. The minimum Gasteiger partial charge on any atom is -0.477 e. The predicted molar refractivity (Wildman–Crippen MR) is 76.6 cm³/mol. The van der Waals surface area contributed by atoms with E-state index in [1.54, 1.807) is 30.3 Å². The average Bonchev–Trinajstić information content (AvgIpc) is 2.46. The standard InChI is InChI=1S/C15H12FN3O2/c16-11-4-3-5-12(10-11)18-15(20)19-13-6-1-2-7-14(13)21-9-8-17/h1-7,10H,9H2,(H2,18,19,20). The van der Waals surface area contributed by atoms with Gasteiger partial charge in [0.05, 0.1) is 5.69 Å². The molecule has 2 aromatic carbocycles. The number of carbonyl (C=O) groups excluding carboxylic acids is 1. The summed E-state index contributed by atoms with van der Waals surface area (Å²) >= 11 is 0. The Morgan fingerprint density at radius 3 is 2.76 bits per heavy atom. The molecule has 0 bridgehead atoms. The Labute approximate surface area is 121 Å². The van der Waals surface area contributed by atoms with Crippen LogP contribution in [0.3, 0.4) is 0 Å². The van der Waals surface area contributed by atoms with Crippen molar-refractivity contribution in [2.75, 3.05) is 17.2 Å². The van der Waals surface area contributed by atoms with Crippen molar-refractivity contribution < 1.29 is 13.9 Å². The van der Waals surface area contributed by atoms with E-state index in [2.05, 4.69) is 10.6 Å². The summed E-state index contributed by atoms with van der Waals surface area (Å²) in [6, 6.07) is 13.6. The molecule has 2 N–H and O–H groups in total. The first-order valence-corrected chi connectivity index (χ1v) is 6.11. The van der Waals surface area contributed by atoms with Crippen molar-refractivity contribution >= 4 is 17.4 Å². The largest absolute Gasteiger partial charge is 0.477 e. The molecule has 0 aromatic heterocycles. The number of ether oxygens (including phenoxy) is 1. The van der Waals surface area contributed by atoms with Gasteiger partial charge in [0.2, 0.25) is 0 Å². The number of carbonyl (C=O) groups is 1. The van der Waals surface area contributed by atoms with Gasteiger partial charge in [0, 0.05) is 5.69 Å². The third kappa shape index (κ3) is 4.21. The summed E-state index contributed by atoms with van der Waals surface area (Å²) < 4.78 is 18.2. The number of nitrogens with zero attached hydrogens (tertiary/aromatic N) is 1. The highest BCUT2D eigenvalue weighted by atomic mass is 19.1. The van der Waals surface area contributed by atoms with Crippen molar-refractivity contribution in [2.45, 2.75) is 0 Å². The van der Waals surface area contributed by atoms with Gasteiger partial charge in [-0.2, -0.15) is 5.26 Å². The molecule has 0 aliphatic carbocycles. The molecule has 0 unspecified atom stereocenters. The summed E-state index contributed by atoms with van der Waals surface area (Å²) in [7, 11) is 0. The molecular formula is C15H12FN3O2. The maximum absolute atomic E-state index is 13.0. The van der Waals surface area contributed by atoms with Gasteiger partial charge >= 0.3 is 6.03 Å². The Hall–Kier alpha value is -3.07. The van der Waals surface area contributed by atoms with Crippen molar-refractivity contribution in [1.29, 1.82) is 5.26 Å². The average molecular weight is 285 g/mol. The van der Waals surface area contributed by atoms with Crippen LogP contribution in [0.25, 0.3) is 0 Å². The van der Waals surface area contributed by atoms with E-state index in [4.69, 9.17) is 10.00 Å². The Morgan fingerprint density at radius 1 is 1.19 bits per heavy atom. The number of benzene rings is 2. The van der Waals surface area contributed by atoms with Gasteiger partial charge in [0.15, 0.2) is 6.61 Å². The van der Waals surface area contributed by atoms with E-state index >= 15 is 0 Å². The number of urea groups is 1. The second kappa shape index (κ2) is 6.91. The first-order chi connectivity index (χ1) is 10.2. The molecule has 0 radical (unpaired) electrons. The molecule has 0 heterocycles. The zero-order valence-electron chi connectivity index (χ0n) is 11.0. The number of amides is 2. The molecule has 2 rings (SSSR count). The number of hydrogen-bond donors (Lipinski definition) is 2. The maximum atomic E-state index is 13.0. The van der Waals surface area contributed by atoms with Crippen molar-refractivity contribution in [3.8, 4) is 11.8 Å². The molecule has 0 fully saturated rings. The van der Waals surface area contributed by atoms with E-state index in [1.807, 2.05) is 6.07 Å². The van der Waals surface area contributed by atoms with Gasteiger partial charge in [-0.25, -0.2) is 9.18 Å². The fraction of sp³-hybridized carbons (Fsp3) is 0.0667. The molecule has 6 heteroatoms. The summed E-state index contributed by atoms with van der Waals surface area (Å²) in [5, 5.41) is 13.6. The van der Waals surface area contributed by atoms with Gasteiger partial charge in [-0.3, -0.25) is 0 Å². The minimum absolute atomic E-state index is 0.121. The highest BCUT2D eigenvalue weighted by Gasteiger charge is 2.07. The molecule has 0 saturated heterocycles. The van der Waals surface area contributed by atoms with Crippen molar-refractivity contribution in [3.05, 3.63) is 54.3 Å². The molecule has 0 aliphatic heterocycles. The normalized spacial score (nSPS) is 9.52. The zero-order valence-corrected chi connectivity index (χ0v) is 11.0. The SMILES string of the molecule is N#CCOc1ccccc1NC(=O)Nc1cccc(F)c1. The Kier molecular flexibility index (Phi) is 4.72. The Balaban J connectivity index is 2.04. The van der Waals surface area contributed by atoms with Crippen LogP contribution in [0.1, 0.15) is 0 Å². The minimum atomic E-state index is -0.534. The van der Waals surface area contributed by atoms with Crippen LogP contribution < -0.4 is 15.4 Å². The Bertz CT molecular complexity index is 683. The van der Waals surface area contributed by atoms with Gasteiger partial charge in [-0.1, -0.05) is 18.2 Å². The van der Waals surface area contributed by atoms with Gasteiger partial charge in [-0.15, -0.1) is 0 Å². The summed E-state index contributed by atoms with van der Waals surface area (Å²) in [6.45, 7) is -0.121. The molecule has 0 atom stereocenters. The smallest absolute Gasteiger partial charge is 0.323 e. The lowest BCUT2D eigenvalue weighted by Gasteiger charge is -2.11. The predicted octanol–water partition coefficient (Wildman–Crippen LogP) is 3.37. The lowest BCUT2D eigenvalue weighted by atomic mass is 10.3. The molecule has 21 heavy (non-hydrogen) atoms. The summed E-state index contributed by atoms with van der Waals surface area (Å²) in [4.78, 5) is 11.9. The Morgan fingerprint density at radius 2 is 2.00 bits per heavy atom. The van der Waals surface area contributed by atoms with E-state index < -0.39 is 11.8 Å². The molecule has 106 valence electrons. The first-order valence-electron chi connectivity index (χ1n) is 6.11. The molecule has 2 amide bonds. The third-order valence-corrected chi connectivity index (χ3v) is 2.51. The second-order valence-electron chi connectivity index (χ2n) is 4.03. The monoisotopic (exact) mass is 285 g/mol. The first kappa shape index (κ1) is 14.3. The van der Waals surface area contributed by atoms with Crippen LogP contribution >= 0.6 is 0 Å². The van der Waals surface area contributed by atoms with E-state index in [9.17, 15) is 9.18 Å². The number of anilines is 2. The van der Waals surface area contributed by atoms with Crippen LogP contribution in [-0.4, -0.2) is 12.6 Å². The molecule has 0 spiro atoms. The fourth-order valence-electron chi connectivity index (χ4n) is 1.66. The summed E-state index contributed by atoms with van der Waals surface area (Å²) in [5.41, 5.74) is 0.754. The van der Waals surface area contributed by atoms with Crippen LogP contribution in [0.15, 0.2) is 48.5 Å². The van der Waals surface area contributed by atoms with E-state index in [0.29, 0.717) is 17.1 Å². The van der Waals surface area contributed by atoms with Crippen molar-refractivity contribution in [2.24, 2.45) is 0 Å². The second-order valence-corrected chi connectivity index (χ2v) is 4.03. The fourth-order valence-corrected chi connectivity index (χ4v) is 1.66. The highest BCUT2D eigenvalue weighted by molar-refractivity contribution is 6.00. The molecule has 2 aromatic rings. The number of nitrogens with one attached hydrogen (secondary N) is 2. The van der Waals surface area contributed by atoms with Crippen LogP contribution in [0, 0.1) is 17.1 Å². The number of halogens is 1. The van der Waals surface area contributed by atoms with Gasteiger partial charge in [0.25, 0.3) is 0 Å². The lowest BCUT2D eigenvalue weighted by molar-refractivity contribution is 0.262. The van der Waals surface area contributed by atoms with E-state index in [0.717, 1.165) is 0 Å².